The van der Waals surface area contributed by atoms with Crippen LogP contribution in [-0.4, -0.2) is 16.3 Å². The van der Waals surface area contributed by atoms with E-state index in [0.717, 1.165) is 35.5 Å². The lowest BCUT2D eigenvalue weighted by Crippen LogP contribution is -2.14. The van der Waals surface area contributed by atoms with Crippen LogP contribution in [0.4, 0.5) is 4.39 Å². The fourth-order valence-corrected chi connectivity index (χ4v) is 2.46. The number of hydrogen-bond donors (Lipinski definition) is 1. The van der Waals surface area contributed by atoms with Crippen LogP contribution in [0.5, 0.6) is 0 Å². The second-order valence-corrected chi connectivity index (χ2v) is 5.15. The molecule has 1 heterocycles. The quantitative estimate of drug-likeness (QED) is 0.848. The Morgan fingerprint density at radius 2 is 2.05 bits per heavy atom. The van der Waals surface area contributed by atoms with Gasteiger partial charge in [0.05, 0.1) is 5.69 Å². The molecule has 2 aromatic rings. The fourth-order valence-electron chi connectivity index (χ4n) is 2.46. The Morgan fingerprint density at radius 3 is 2.65 bits per heavy atom. The average Bonchev–Trinajstić information content (AvgIpc) is 2.66. The molecule has 0 unspecified atom stereocenters. The molecule has 0 saturated carbocycles. The Morgan fingerprint density at radius 1 is 1.30 bits per heavy atom. The van der Waals surface area contributed by atoms with Gasteiger partial charge in [-0.25, -0.2) is 4.39 Å². The molecule has 1 N–H and O–H groups in total. The summed E-state index contributed by atoms with van der Waals surface area (Å²) in [6.45, 7) is 7.58. The summed E-state index contributed by atoms with van der Waals surface area (Å²) in [6, 6.07) is 5.30. The van der Waals surface area contributed by atoms with Gasteiger partial charge in [-0.3, -0.25) is 4.68 Å². The first-order chi connectivity index (χ1) is 9.54. The molecule has 0 atom stereocenters. The van der Waals surface area contributed by atoms with Gasteiger partial charge in [-0.15, -0.1) is 0 Å². The van der Waals surface area contributed by atoms with E-state index in [2.05, 4.69) is 17.3 Å². The van der Waals surface area contributed by atoms with E-state index in [1.54, 1.807) is 6.07 Å². The van der Waals surface area contributed by atoms with Crippen molar-refractivity contribution in [3.8, 4) is 11.1 Å². The number of aromatic nitrogens is 2. The highest BCUT2D eigenvalue weighted by Crippen LogP contribution is 2.28. The lowest BCUT2D eigenvalue weighted by molar-refractivity contribution is 0.587. The molecule has 0 aliphatic carbocycles. The Kier molecular flexibility index (Phi) is 4.55. The van der Waals surface area contributed by atoms with Crippen molar-refractivity contribution >= 4 is 0 Å². The van der Waals surface area contributed by atoms with Crippen molar-refractivity contribution in [2.45, 2.75) is 33.7 Å². The van der Waals surface area contributed by atoms with Crippen LogP contribution in [0.1, 0.15) is 30.3 Å². The molecule has 0 bridgehead atoms. The van der Waals surface area contributed by atoms with Crippen molar-refractivity contribution in [2.24, 2.45) is 7.05 Å². The van der Waals surface area contributed by atoms with E-state index in [1.807, 2.05) is 37.7 Å². The minimum atomic E-state index is -0.156. The largest absolute Gasteiger partial charge is 0.313 e. The first kappa shape index (κ1) is 14.7. The highest BCUT2D eigenvalue weighted by Gasteiger charge is 2.13. The van der Waals surface area contributed by atoms with Crippen molar-refractivity contribution in [2.75, 3.05) is 6.54 Å². The summed E-state index contributed by atoms with van der Waals surface area (Å²) in [5.74, 6) is -0.156. The summed E-state index contributed by atoms with van der Waals surface area (Å²) in [6.07, 6.45) is 1.04. The van der Waals surface area contributed by atoms with Gasteiger partial charge < -0.3 is 5.32 Å². The van der Waals surface area contributed by atoms with Crippen LogP contribution in [0.3, 0.4) is 0 Å². The molecule has 0 fully saturated rings. The van der Waals surface area contributed by atoms with Crippen molar-refractivity contribution in [1.82, 2.24) is 15.1 Å². The summed E-state index contributed by atoms with van der Waals surface area (Å²) >= 11 is 0. The zero-order chi connectivity index (χ0) is 14.7. The van der Waals surface area contributed by atoms with E-state index in [9.17, 15) is 4.39 Å². The highest BCUT2D eigenvalue weighted by molar-refractivity contribution is 5.69. The molecule has 3 nitrogen and oxygen atoms in total. The number of nitrogens with zero attached hydrogens (tertiary/aromatic N) is 2. The molecule has 1 aromatic carbocycles. The fraction of sp³-hybridized carbons (Fsp3) is 0.438. The molecule has 108 valence electrons. The van der Waals surface area contributed by atoms with E-state index in [4.69, 9.17) is 0 Å². The Labute approximate surface area is 119 Å². The number of aryl methyl sites for hydroxylation is 2. The zero-order valence-electron chi connectivity index (χ0n) is 12.6. The molecule has 0 amide bonds. The van der Waals surface area contributed by atoms with Crippen LogP contribution in [-0.2, 0) is 13.6 Å². The number of halogens is 1. The van der Waals surface area contributed by atoms with Crippen molar-refractivity contribution in [3.63, 3.8) is 0 Å². The predicted octanol–water partition coefficient (Wildman–Crippen LogP) is 3.34. The first-order valence-electron chi connectivity index (χ1n) is 7.04. The van der Waals surface area contributed by atoms with Crippen LogP contribution in [0.2, 0.25) is 0 Å². The number of hydrogen-bond acceptors (Lipinski definition) is 2. The van der Waals surface area contributed by atoms with Crippen LogP contribution in [0.15, 0.2) is 18.2 Å². The normalized spacial score (nSPS) is 11.1. The van der Waals surface area contributed by atoms with Crippen LogP contribution < -0.4 is 5.32 Å². The first-order valence-corrected chi connectivity index (χ1v) is 7.04. The van der Waals surface area contributed by atoms with E-state index in [0.29, 0.717) is 12.1 Å². The number of rotatable bonds is 5. The predicted molar refractivity (Wildman–Crippen MR) is 80.1 cm³/mol. The monoisotopic (exact) mass is 275 g/mol. The second kappa shape index (κ2) is 6.18. The van der Waals surface area contributed by atoms with Crippen LogP contribution in [0, 0.1) is 19.7 Å². The highest BCUT2D eigenvalue weighted by atomic mass is 19.1. The molecule has 20 heavy (non-hydrogen) atoms. The molecular formula is C16H22FN3. The van der Waals surface area contributed by atoms with E-state index >= 15 is 0 Å². The van der Waals surface area contributed by atoms with Crippen molar-refractivity contribution in [3.05, 3.63) is 41.0 Å². The summed E-state index contributed by atoms with van der Waals surface area (Å²) in [5, 5.41) is 7.67. The minimum Gasteiger partial charge on any atom is -0.313 e. The van der Waals surface area contributed by atoms with E-state index < -0.39 is 0 Å². The Bertz CT molecular complexity index is 602. The molecule has 0 spiro atoms. The molecule has 0 aliphatic rings. The third-order valence-corrected chi connectivity index (χ3v) is 3.59. The Hall–Kier alpha value is -1.68. The topological polar surface area (TPSA) is 29.9 Å². The summed E-state index contributed by atoms with van der Waals surface area (Å²) in [4.78, 5) is 0. The molecular weight excluding hydrogens is 253 g/mol. The smallest absolute Gasteiger partial charge is 0.127 e. The van der Waals surface area contributed by atoms with Gasteiger partial charge >= 0.3 is 0 Å². The van der Waals surface area contributed by atoms with E-state index in [-0.39, 0.29) is 5.82 Å². The second-order valence-electron chi connectivity index (χ2n) is 5.15. The standard InChI is InChI=1S/C16H22FN3/c1-5-8-18-10-14-9-13(6-7-15(14)17)16-11(2)19-20(4)12(16)3/h6-7,9,18H,5,8,10H2,1-4H3. The molecule has 1 aromatic heterocycles. The molecule has 2 rings (SSSR count). The molecule has 0 aliphatic heterocycles. The van der Waals surface area contributed by atoms with Gasteiger partial charge in [0.25, 0.3) is 0 Å². The zero-order valence-corrected chi connectivity index (χ0v) is 12.6. The van der Waals surface area contributed by atoms with Gasteiger partial charge in [-0.2, -0.15) is 5.10 Å². The van der Waals surface area contributed by atoms with Gasteiger partial charge in [0, 0.05) is 30.4 Å². The van der Waals surface area contributed by atoms with Crippen molar-refractivity contribution in [1.29, 1.82) is 0 Å². The maximum absolute atomic E-state index is 13.9. The SMILES string of the molecule is CCCNCc1cc(-c2c(C)nn(C)c2C)ccc1F. The third kappa shape index (κ3) is 2.90. The van der Waals surface area contributed by atoms with Crippen LogP contribution in [0.25, 0.3) is 11.1 Å². The maximum Gasteiger partial charge on any atom is 0.127 e. The average molecular weight is 275 g/mol. The van der Waals surface area contributed by atoms with Gasteiger partial charge in [-0.1, -0.05) is 13.0 Å². The molecule has 4 heteroatoms. The maximum atomic E-state index is 13.9. The minimum absolute atomic E-state index is 0.156. The van der Waals surface area contributed by atoms with Crippen molar-refractivity contribution < 1.29 is 4.39 Å². The lowest BCUT2D eigenvalue weighted by atomic mass is 10.0. The summed E-state index contributed by atoms with van der Waals surface area (Å²) < 4.78 is 15.7. The summed E-state index contributed by atoms with van der Waals surface area (Å²) in [7, 11) is 1.93. The van der Waals surface area contributed by atoms with Crippen LogP contribution >= 0.6 is 0 Å². The lowest BCUT2D eigenvalue weighted by Gasteiger charge is -2.08. The van der Waals surface area contributed by atoms with Gasteiger partial charge in [0.2, 0.25) is 0 Å². The number of nitrogens with one attached hydrogen (secondary N) is 1. The van der Waals surface area contributed by atoms with Gasteiger partial charge in [-0.05, 0) is 44.5 Å². The van der Waals surface area contributed by atoms with Gasteiger partial charge in [0.1, 0.15) is 5.82 Å². The van der Waals surface area contributed by atoms with Gasteiger partial charge in [0.15, 0.2) is 0 Å². The molecule has 0 saturated heterocycles. The number of benzene rings is 1. The molecule has 0 radical (unpaired) electrons. The third-order valence-electron chi connectivity index (χ3n) is 3.59. The van der Waals surface area contributed by atoms with E-state index in [1.165, 1.54) is 0 Å². The summed E-state index contributed by atoms with van der Waals surface area (Å²) in [5.41, 5.74) is 4.91. The Balaban J connectivity index is 2.35.